The molecular weight excluding hydrogens is 271 g/mol. The van der Waals surface area contributed by atoms with Crippen LogP contribution in [0.2, 0.25) is 0 Å². The largest absolute Gasteiger partial charge is 0.391 e. The van der Waals surface area contributed by atoms with Crippen LogP contribution in [0.15, 0.2) is 29.2 Å². The van der Waals surface area contributed by atoms with E-state index in [1.54, 1.807) is 11.8 Å². The molecule has 5 heteroatoms. The molecule has 0 bridgehead atoms. The van der Waals surface area contributed by atoms with Crippen molar-refractivity contribution in [3.8, 4) is 0 Å². The molecule has 2 rings (SSSR count). The van der Waals surface area contributed by atoms with Gasteiger partial charge in [-0.05, 0) is 49.8 Å². The van der Waals surface area contributed by atoms with Gasteiger partial charge in [0.1, 0.15) is 0 Å². The van der Waals surface area contributed by atoms with Crippen LogP contribution >= 0.6 is 11.8 Å². The monoisotopic (exact) mass is 289 g/mol. The average molecular weight is 289 g/mol. The molecule has 0 aromatic heterocycles. The van der Waals surface area contributed by atoms with Crippen LogP contribution in [0.1, 0.15) is 25.7 Å². The molecule has 0 radical (unpaired) electrons. The lowest BCUT2D eigenvalue weighted by Gasteiger charge is -2.31. The number of nitrogens with one attached hydrogen (secondary N) is 1. The van der Waals surface area contributed by atoms with Crippen LogP contribution in [0.5, 0.6) is 0 Å². The van der Waals surface area contributed by atoms with E-state index in [4.69, 9.17) is 0 Å². The Bertz CT molecular complexity index is 402. The first-order valence-electron chi connectivity index (χ1n) is 6.46. The second kappa shape index (κ2) is 6.07. The molecule has 0 amide bonds. The fourth-order valence-electron chi connectivity index (χ4n) is 2.54. The Morgan fingerprint density at radius 1 is 1.16 bits per heavy atom. The van der Waals surface area contributed by atoms with Crippen molar-refractivity contribution in [2.75, 3.05) is 11.6 Å². The third-order valence-corrected chi connectivity index (χ3v) is 4.34. The maximum atomic E-state index is 12.7. The Labute approximate surface area is 116 Å². The second-order valence-corrected chi connectivity index (χ2v) is 5.85. The first kappa shape index (κ1) is 14.6. The van der Waals surface area contributed by atoms with Crippen molar-refractivity contribution in [2.45, 2.75) is 42.8 Å². The molecule has 2 unspecified atom stereocenters. The van der Waals surface area contributed by atoms with E-state index in [-0.39, 0.29) is 18.9 Å². The third kappa shape index (κ3) is 4.06. The lowest BCUT2D eigenvalue weighted by atomic mass is 9.85. The Balaban J connectivity index is 1.94. The lowest BCUT2D eigenvalue weighted by Crippen LogP contribution is -2.34. The fourth-order valence-corrected chi connectivity index (χ4v) is 2.95. The highest BCUT2D eigenvalue weighted by Crippen LogP contribution is 2.38. The summed E-state index contributed by atoms with van der Waals surface area (Å²) in [6.45, 7) is 0. The molecule has 0 spiro atoms. The fraction of sp³-hybridized carbons (Fsp3) is 0.571. The van der Waals surface area contributed by atoms with Crippen molar-refractivity contribution < 1.29 is 13.2 Å². The van der Waals surface area contributed by atoms with Gasteiger partial charge in [-0.25, -0.2) is 0 Å². The zero-order valence-electron chi connectivity index (χ0n) is 10.8. The lowest BCUT2D eigenvalue weighted by molar-refractivity contribution is -0.182. The van der Waals surface area contributed by atoms with E-state index in [0.29, 0.717) is 6.42 Å². The number of hydrogen-bond acceptors (Lipinski definition) is 2. The zero-order valence-corrected chi connectivity index (χ0v) is 11.7. The number of thioether (sulfide) groups is 1. The van der Waals surface area contributed by atoms with Gasteiger partial charge < -0.3 is 5.32 Å². The van der Waals surface area contributed by atoms with Crippen LogP contribution < -0.4 is 5.32 Å². The molecule has 1 aromatic rings. The van der Waals surface area contributed by atoms with Crippen molar-refractivity contribution in [2.24, 2.45) is 5.92 Å². The number of anilines is 1. The summed E-state index contributed by atoms with van der Waals surface area (Å²) in [4.78, 5) is 1.15. The molecule has 2 atom stereocenters. The summed E-state index contributed by atoms with van der Waals surface area (Å²) in [6.07, 6.45) is -0.136. The minimum Gasteiger partial charge on any atom is -0.382 e. The Hall–Kier alpha value is -0.840. The van der Waals surface area contributed by atoms with Crippen LogP contribution in [0.25, 0.3) is 0 Å². The average Bonchev–Trinajstić information content (AvgIpc) is 2.39. The van der Waals surface area contributed by atoms with E-state index in [0.717, 1.165) is 17.0 Å². The molecule has 106 valence electrons. The minimum atomic E-state index is -4.05. The number of hydrogen-bond donors (Lipinski definition) is 1. The highest BCUT2D eigenvalue weighted by atomic mass is 32.2. The highest BCUT2D eigenvalue weighted by Gasteiger charge is 2.42. The van der Waals surface area contributed by atoms with Gasteiger partial charge in [0, 0.05) is 16.6 Å². The highest BCUT2D eigenvalue weighted by molar-refractivity contribution is 7.98. The smallest absolute Gasteiger partial charge is 0.382 e. The van der Waals surface area contributed by atoms with Crippen molar-refractivity contribution >= 4 is 17.4 Å². The van der Waals surface area contributed by atoms with E-state index >= 15 is 0 Å². The van der Waals surface area contributed by atoms with Crippen LogP contribution in [-0.2, 0) is 0 Å². The summed E-state index contributed by atoms with van der Waals surface area (Å²) in [7, 11) is 0. The summed E-state index contributed by atoms with van der Waals surface area (Å²) in [5.41, 5.74) is 0.908. The molecule has 0 saturated heterocycles. The molecular formula is C14H18F3NS. The molecule has 0 heterocycles. The van der Waals surface area contributed by atoms with Gasteiger partial charge in [0.05, 0.1) is 5.92 Å². The number of benzene rings is 1. The molecule has 1 aliphatic carbocycles. The standard InChI is InChI=1S/C14H18F3NS/c1-19-13-7-5-11(6-8-13)18-12-4-2-3-10(9-12)14(15,16)17/h5-8,10,12,18H,2-4,9H2,1H3. The molecule has 1 aliphatic rings. The maximum absolute atomic E-state index is 12.7. The van der Waals surface area contributed by atoms with Gasteiger partial charge in [0.2, 0.25) is 0 Å². The van der Waals surface area contributed by atoms with Gasteiger partial charge in [0.15, 0.2) is 0 Å². The maximum Gasteiger partial charge on any atom is 0.391 e. The summed E-state index contributed by atoms with van der Waals surface area (Å²) in [6, 6.07) is 7.76. The van der Waals surface area contributed by atoms with Crippen molar-refractivity contribution in [1.82, 2.24) is 0 Å². The summed E-state index contributed by atoms with van der Waals surface area (Å²) in [5.74, 6) is -1.15. The third-order valence-electron chi connectivity index (χ3n) is 3.60. The van der Waals surface area contributed by atoms with Gasteiger partial charge >= 0.3 is 6.18 Å². The SMILES string of the molecule is CSc1ccc(NC2CCCC(C(F)(F)F)C2)cc1. The normalized spacial score (nSPS) is 24.2. The van der Waals surface area contributed by atoms with E-state index in [9.17, 15) is 13.2 Å². The molecule has 1 aromatic carbocycles. The van der Waals surface area contributed by atoms with Crippen molar-refractivity contribution in [3.63, 3.8) is 0 Å². The number of rotatable bonds is 3. The van der Waals surface area contributed by atoms with E-state index in [2.05, 4.69) is 5.32 Å². The van der Waals surface area contributed by atoms with E-state index in [1.165, 1.54) is 0 Å². The summed E-state index contributed by atoms with van der Waals surface area (Å²) < 4.78 is 38.2. The number of alkyl halides is 3. The van der Waals surface area contributed by atoms with Gasteiger partial charge in [0.25, 0.3) is 0 Å². The first-order chi connectivity index (χ1) is 8.99. The summed E-state index contributed by atoms with van der Waals surface area (Å²) >= 11 is 1.65. The van der Waals surface area contributed by atoms with Gasteiger partial charge in [-0.2, -0.15) is 13.2 Å². The van der Waals surface area contributed by atoms with Crippen LogP contribution in [0.3, 0.4) is 0 Å². The Kier molecular flexibility index (Phi) is 4.66. The van der Waals surface area contributed by atoms with Gasteiger partial charge in [-0.15, -0.1) is 11.8 Å². The molecule has 19 heavy (non-hydrogen) atoms. The molecule has 1 fully saturated rings. The molecule has 1 saturated carbocycles. The molecule has 0 aliphatic heterocycles. The molecule has 1 nitrogen and oxygen atoms in total. The Morgan fingerprint density at radius 3 is 2.42 bits per heavy atom. The minimum absolute atomic E-state index is 0.0690. The quantitative estimate of drug-likeness (QED) is 0.791. The topological polar surface area (TPSA) is 12.0 Å². The number of halogens is 3. The first-order valence-corrected chi connectivity index (χ1v) is 7.69. The van der Waals surface area contributed by atoms with Crippen LogP contribution in [0, 0.1) is 5.92 Å². The zero-order chi connectivity index (χ0) is 13.9. The molecule has 1 N–H and O–H groups in total. The van der Waals surface area contributed by atoms with Crippen LogP contribution in [-0.4, -0.2) is 18.5 Å². The van der Waals surface area contributed by atoms with E-state index < -0.39 is 12.1 Å². The second-order valence-electron chi connectivity index (χ2n) is 4.97. The Morgan fingerprint density at radius 2 is 1.84 bits per heavy atom. The van der Waals surface area contributed by atoms with Crippen LogP contribution in [0.4, 0.5) is 18.9 Å². The predicted octanol–water partition coefficient (Wildman–Crippen LogP) is 4.94. The predicted molar refractivity (Wildman–Crippen MR) is 73.6 cm³/mol. The van der Waals surface area contributed by atoms with Crippen molar-refractivity contribution in [1.29, 1.82) is 0 Å². The van der Waals surface area contributed by atoms with Gasteiger partial charge in [-0.3, -0.25) is 0 Å². The van der Waals surface area contributed by atoms with Gasteiger partial charge in [-0.1, -0.05) is 6.42 Å². The van der Waals surface area contributed by atoms with Crippen molar-refractivity contribution in [3.05, 3.63) is 24.3 Å². The summed E-state index contributed by atoms with van der Waals surface area (Å²) in [5, 5.41) is 3.22. The van der Waals surface area contributed by atoms with E-state index in [1.807, 2.05) is 30.5 Å².